The fraction of sp³-hybridized carbons (Fsp3) is 1.00. The zero-order valence-corrected chi connectivity index (χ0v) is 12.0. The highest BCUT2D eigenvalue weighted by Crippen LogP contribution is 2.44. The summed E-state index contributed by atoms with van der Waals surface area (Å²) >= 11 is 0. The van der Waals surface area contributed by atoms with Crippen LogP contribution in [0, 0.1) is 0 Å². The van der Waals surface area contributed by atoms with Gasteiger partial charge in [-0.25, -0.2) is 0 Å². The summed E-state index contributed by atoms with van der Waals surface area (Å²) in [4.78, 5) is 2.77. The van der Waals surface area contributed by atoms with Gasteiger partial charge in [-0.2, -0.15) is 0 Å². The summed E-state index contributed by atoms with van der Waals surface area (Å²) in [5.41, 5.74) is 8.49. The molecule has 0 spiro atoms. The molecule has 5 atom stereocenters. The van der Waals surface area contributed by atoms with Crippen LogP contribution in [0.4, 0.5) is 0 Å². The van der Waals surface area contributed by atoms with Crippen LogP contribution in [-0.2, 0) is 23.7 Å². The lowest BCUT2D eigenvalue weighted by molar-refractivity contribution is -0.231. The third-order valence-corrected chi connectivity index (χ3v) is 3.58. The second kappa shape index (κ2) is 4.56. The van der Waals surface area contributed by atoms with Gasteiger partial charge in [0.2, 0.25) is 0 Å². The minimum atomic E-state index is -0.733. The van der Waals surface area contributed by atoms with Crippen molar-refractivity contribution < 1.29 is 23.7 Å². The largest absolute Gasteiger partial charge is 0.344 e. The molecule has 3 rings (SSSR count). The Balaban J connectivity index is 1.85. The van der Waals surface area contributed by atoms with E-state index in [1.807, 2.05) is 27.7 Å². The summed E-state index contributed by atoms with van der Waals surface area (Å²) in [7, 11) is 0. The summed E-state index contributed by atoms with van der Waals surface area (Å²) in [5.74, 6) is -1.46. The third kappa shape index (κ3) is 2.39. The summed E-state index contributed by atoms with van der Waals surface area (Å²) in [6.45, 7) is 7.50. The van der Waals surface area contributed by atoms with Gasteiger partial charge in [0.05, 0.1) is 12.6 Å². The van der Waals surface area contributed by atoms with Crippen LogP contribution >= 0.6 is 0 Å². The van der Waals surface area contributed by atoms with Crippen molar-refractivity contribution >= 4 is 0 Å². The summed E-state index contributed by atoms with van der Waals surface area (Å²) in [6, 6.07) is 0. The predicted molar refractivity (Wildman–Crippen MR) is 66.5 cm³/mol. The van der Waals surface area contributed by atoms with Gasteiger partial charge in [-0.05, 0) is 33.2 Å². The molecule has 3 heterocycles. The first-order valence-electron chi connectivity index (χ1n) is 6.69. The van der Waals surface area contributed by atoms with E-state index < -0.39 is 24.0 Å². The van der Waals surface area contributed by atoms with Crippen LogP contribution in [0.25, 0.3) is 10.4 Å². The molecule has 0 N–H and O–H groups in total. The van der Waals surface area contributed by atoms with Gasteiger partial charge in [0.25, 0.3) is 0 Å². The van der Waals surface area contributed by atoms with E-state index in [0.717, 1.165) is 0 Å². The number of hydrogen-bond donors (Lipinski definition) is 0. The van der Waals surface area contributed by atoms with Crippen molar-refractivity contribution in [3.63, 3.8) is 0 Å². The van der Waals surface area contributed by atoms with Gasteiger partial charge in [0.15, 0.2) is 17.9 Å². The fourth-order valence-electron chi connectivity index (χ4n) is 2.96. The topological polar surface area (TPSA) is 94.9 Å². The maximum atomic E-state index is 8.49. The Morgan fingerprint density at radius 3 is 2.25 bits per heavy atom. The van der Waals surface area contributed by atoms with Crippen molar-refractivity contribution in [3.05, 3.63) is 10.4 Å². The van der Waals surface area contributed by atoms with E-state index in [9.17, 15) is 0 Å². The van der Waals surface area contributed by atoms with Gasteiger partial charge in [-0.3, -0.25) is 0 Å². The zero-order chi connectivity index (χ0) is 14.5. The summed E-state index contributed by atoms with van der Waals surface area (Å²) in [6.07, 6.45) is -1.93. The van der Waals surface area contributed by atoms with Crippen molar-refractivity contribution in [1.82, 2.24) is 0 Å². The number of hydrogen-bond acceptors (Lipinski definition) is 6. The van der Waals surface area contributed by atoms with Crippen molar-refractivity contribution in [1.29, 1.82) is 0 Å². The van der Waals surface area contributed by atoms with Gasteiger partial charge in [-0.1, -0.05) is 5.11 Å². The third-order valence-electron chi connectivity index (χ3n) is 3.58. The van der Waals surface area contributed by atoms with Gasteiger partial charge in [-0.15, -0.1) is 0 Å². The van der Waals surface area contributed by atoms with E-state index in [-0.39, 0.29) is 24.9 Å². The molecule has 0 amide bonds. The SMILES string of the molecule is CC1(C)OC2O[C@H](CN=[N+]=[N-])C3OC(C)(C)OC3C2O1. The molecular weight excluding hydrogens is 266 g/mol. The van der Waals surface area contributed by atoms with Crippen LogP contribution < -0.4 is 0 Å². The summed E-state index contributed by atoms with van der Waals surface area (Å²) < 4.78 is 29.2. The minimum Gasteiger partial charge on any atom is -0.344 e. The van der Waals surface area contributed by atoms with E-state index in [2.05, 4.69) is 10.0 Å². The number of nitrogens with zero attached hydrogens (tertiary/aromatic N) is 3. The second-order valence-corrected chi connectivity index (χ2v) is 6.12. The lowest BCUT2D eigenvalue weighted by Crippen LogP contribution is -2.55. The first-order valence-corrected chi connectivity index (χ1v) is 6.69. The molecule has 0 bridgehead atoms. The van der Waals surface area contributed by atoms with Crippen LogP contribution in [0.3, 0.4) is 0 Å². The molecule has 3 aliphatic heterocycles. The standard InChI is InChI=1S/C12H19N3O5/c1-11(2)17-7-6(5-14-15-13)16-10-9(8(7)18-11)19-12(3,4)20-10/h6-10H,5H2,1-4H3/t6-,7?,8?,9?,10?/m1/s1. The van der Waals surface area contributed by atoms with E-state index in [1.165, 1.54) is 0 Å². The number of ether oxygens (including phenoxy) is 5. The molecule has 0 aromatic carbocycles. The van der Waals surface area contributed by atoms with Crippen molar-refractivity contribution in [2.24, 2.45) is 5.11 Å². The maximum absolute atomic E-state index is 8.49. The Bertz CT molecular complexity index is 448. The second-order valence-electron chi connectivity index (χ2n) is 6.12. The molecule has 0 aromatic rings. The van der Waals surface area contributed by atoms with Crippen LogP contribution in [-0.4, -0.2) is 48.8 Å². The molecular formula is C12H19N3O5. The normalized spacial score (nSPS) is 44.5. The smallest absolute Gasteiger partial charge is 0.190 e. The average Bonchev–Trinajstić information content (AvgIpc) is 2.80. The maximum Gasteiger partial charge on any atom is 0.190 e. The van der Waals surface area contributed by atoms with Gasteiger partial charge < -0.3 is 23.7 Å². The first-order chi connectivity index (χ1) is 9.31. The van der Waals surface area contributed by atoms with Gasteiger partial charge in [0, 0.05) is 4.91 Å². The lowest BCUT2D eigenvalue weighted by atomic mass is 9.99. The molecule has 0 aliphatic carbocycles. The number of fused-ring (bicyclic) bond motifs is 3. The van der Waals surface area contributed by atoms with Crippen molar-refractivity contribution in [2.75, 3.05) is 6.54 Å². The van der Waals surface area contributed by atoms with Gasteiger partial charge in [0.1, 0.15) is 18.3 Å². The van der Waals surface area contributed by atoms with Crippen molar-refractivity contribution in [3.8, 4) is 0 Å². The highest BCUT2D eigenvalue weighted by molar-refractivity contribution is 5.00. The molecule has 0 saturated carbocycles. The zero-order valence-electron chi connectivity index (χ0n) is 12.0. The number of azide groups is 1. The number of rotatable bonds is 2. The predicted octanol–water partition coefficient (Wildman–Crippen LogP) is 1.69. The molecule has 8 nitrogen and oxygen atoms in total. The molecule has 3 fully saturated rings. The van der Waals surface area contributed by atoms with Crippen LogP contribution in [0.5, 0.6) is 0 Å². The molecule has 4 unspecified atom stereocenters. The average molecular weight is 285 g/mol. The van der Waals surface area contributed by atoms with Gasteiger partial charge >= 0.3 is 0 Å². The minimum absolute atomic E-state index is 0.171. The highest BCUT2D eigenvalue weighted by atomic mass is 16.9. The molecule has 3 aliphatic rings. The first kappa shape index (κ1) is 14.1. The van der Waals surface area contributed by atoms with E-state index >= 15 is 0 Å². The molecule has 8 heteroatoms. The monoisotopic (exact) mass is 285 g/mol. The molecule has 0 radical (unpaired) electrons. The Morgan fingerprint density at radius 2 is 1.55 bits per heavy atom. The van der Waals surface area contributed by atoms with Crippen LogP contribution in [0.2, 0.25) is 0 Å². The van der Waals surface area contributed by atoms with E-state index in [4.69, 9.17) is 29.2 Å². The Morgan fingerprint density at radius 1 is 0.950 bits per heavy atom. The van der Waals surface area contributed by atoms with Crippen molar-refractivity contribution in [2.45, 2.75) is 70.0 Å². The van der Waals surface area contributed by atoms with Crippen LogP contribution in [0.1, 0.15) is 27.7 Å². The molecule has 20 heavy (non-hydrogen) atoms. The Hall–Kier alpha value is -0.890. The Labute approximate surface area is 116 Å². The van der Waals surface area contributed by atoms with E-state index in [1.54, 1.807) is 0 Å². The highest BCUT2D eigenvalue weighted by Gasteiger charge is 2.60. The quantitative estimate of drug-likeness (QED) is 0.437. The van der Waals surface area contributed by atoms with Crippen LogP contribution in [0.15, 0.2) is 5.11 Å². The molecule has 112 valence electrons. The molecule has 0 aromatic heterocycles. The van der Waals surface area contributed by atoms with E-state index in [0.29, 0.717) is 0 Å². The summed E-state index contributed by atoms with van der Waals surface area (Å²) in [5, 5.41) is 3.58. The molecule has 3 saturated heterocycles. The fourth-order valence-corrected chi connectivity index (χ4v) is 2.96. The Kier molecular flexibility index (Phi) is 3.20. The lowest BCUT2D eigenvalue weighted by Gasteiger charge is -2.36.